The molecule has 0 unspecified atom stereocenters. The molecule has 0 atom stereocenters. The molecule has 0 saturated carbocycles. The Bertz CT molecular complexity index is 514. The van der Waals surface area contributed by atoms with Gasteiger partial charge in [-0.1, -0.05) is 18.0 Å². The molecule has 1 N–H and O–H groups in total. The molecule has 0 spiro atoms. The van der Waals surface area contributed by atoms with Crippen molar-refractivity contribution in [3.8, 4) is 0 Å². The van der Waals surface area contributed by atoms with Crippen molar-refractivity contribution in [1.29, 1.82) is 0 Å². The summed E-state index contributed by atoms with van der Waals surface area (Å²) in [5.74, 6) is 0. The lowest BCUT2D eigenvalue weighted by atomic mass is 10.1. The van der Waals surface area contributed by atoms with Crippen molar-refractivity contribution in [2.24, 2.45) is 0 Å². The molecule has 1 aliphatic heterocycles. The van der Waals surface area contributed by atoms with Crippen molar-refractivity contribution >= 4 is 22.6 Å². The van der Waals surface area contributed by atoms with E-state index < -0.39 is 0 Å². The normalized spacial score (nSPS) is 17.7. The molecule has 3 rings (SSSR count). The van der Waals surface area contributed by atoms with Crippen LogP contribution in [0.15, 0.2) is 18.5 Å². The number of hydrogen-bond acceptors (Lipinski definition) is 2. The quantitative estimate of drug-likeness (QED) is 0.886. The van der Waals surface area contributed by atoms with Gasteiger partial charge in [-0.3, -0.25) is 4.90 Å². The van der Waals surface area contributed by atoms with E-state index in [2.05, 4.69) is 14.9 Å². The van der Waals surface area contributed by atoms with Gasteiger partial charge in [0.2, 0.25) is 0 Å². The van der Waals surface area contributed by atoms with Gasteiger partial charge in [0.25, 0.3) is 0 Å². The highest BCUT2D eigenvalue weighted by Gasteiger charge is 2.14. The fourth-order valence-electron chi connectivity index (χ4n) is 2.56. The molecule has 17 heavy (non-hydrogen) atoms. The summed E-state index contributed by atoms with van der Waals surface area (Å²) in [6.45, 7) is 3.38. The third-order valence-corrected chi connectivity index (χ3v) is 3.76. The molecule has 1 fully saturated rings. The predicted octanol–water partition coefficient (Wildman–Crippen LogP) is 3.20. The summed E-state index contributed by atoms with van der Waals surface area (Å²) >= 11 is 6.24. The third kappa shape index (κ3) is 2.17. The summed E-state index contributed by atoms with van der Waals surface area (Å²) < 4.78 is 0. The minimum Gasteiger partial charge on any atom is -0.346 e. The number of piperidine rings is 1. The molecule has 0 radical (unpaired) electrons. The Morgan fingerprint density at radius 2 is 2.12 bits per heavy atom. The Hall–Kier alpha value is -1.06. The van der Waals surface area contributed by atoms with Gasteiger partial charge >= 0.3 is 0 Å². The van der Waals surface area contributed by atoms with Crippen molar-refractivity contribution in [3.05, 3.63) is 29.0 Å². The monoisotopic (exact) mass is 249 g/mol. The van der Waals surface area contributed by atoms with Crippen LogP contribution in [0.1, 0.15) is 24.8 Å². The molecule has 3 nitrogen and oxygen atoms in total. The maximum atomic E-state index is 6.24. The number of hydrogen-bond donors (Lipinski definition) is 1. The second kappa shape index (κ2) is 4.67. The number of aromatic nitrogens is 2. The van der Waals surface area contributed by atoms with E-state index in [1.54, 1.807) is 6.20 Å². The molecule has 0 aromatic carbocycles. The van der Waals surface area contributed by atoms with E-state index in [0.717, 1.165) is 22.6 Å². The number of aromatic amines is 1. The van der Waals surface area contributed by atoms with Crippen molar-refractivity contribution in [3.63, 3.8) is 0 Å². The minimum absolute atomic E-state index is 0.795. The molecular formula is C13H16ClN3. The molecule has 2 aromatic heterocycles. The van der Waals surface area contributed by atoms with Gasteiger partial charge < -0.3 is 4.98 Å². The van der Waals surface area contributed by atoms with Crippen LogP contribution >= 0.6 is 11.6 Å². The Balaban J connectivity index is 1.89. The summed E-state index contributed by atoms with van der Waals surface area (Å²) in [5, 5.41) is 1.88. The van der Waals surface area contributed by atoms with Crippen LogP contribution in [0.2, 0.25) is 5.02 Å². The van der Waals surface area contributed by atoms with Crippen LogP contribution < -0.4 is 0 Å². The Labute approximate surface area is 106 Å². The van der Waals surface area contributed by atoms with Crippen LogP contribution in [0.25, 0.3) is 11.0 Å². The average Bonchev–Trinajstić information content (AvgIpc) is 2.75. The first-order valence-electron chi connectivity index (χ1n) is 6.17. The lowest BCUT2D eigenvalue weighted by molar-refractivity contribution is 0.221. The first-order valence-corrected chi connectivity index (χ1v) is 6.55. The zero-order chi connectivity index (χ0) is 11.7. The van der Waals surface area contributed by atoms with Crippen molar-refractivity contribution < 1.29 is 0 Å². The number of likely N-dealkylation sites (tertiary alicyclic amines) is 1. The maximum absolute atomic E-state index is 6.24. The van der Waals surface area contributed by atoms with Crippen molar-refractivity contribution in [2.75, 3.05) is 13.1 Å². The predicted molar refractivity (Wildman–Crippen MR) is 70.2 cm³/mol. The van der Waals surface area contributed by atoms with E-state index in [-0.39, 0.29) is 0 Å². The van der Waals surface area contributed by atoms with Gasteiger partial charge in [0.05, 0.1) is 5.02 Å². The highest BCUT2D eigenvalue weighted by Crippen LogP contribution is 2.26. The lowest BCUT2D eigenvalue weighted by Crippen LogP contribution is -2.28. The minimum atomic E-state index is 0.795. The molecule has 4 heteroatoms. The summed E-state index contributed by atoms with van der Waals surface area (Å²) in [6, 6.07) is 1.86. The first kappa shape index (κ1) is 11.1. The van der Waals surface area contributed by atoms with E-state index in [9.17, 15) is 0 Å². The Kier molecular flexibility index (Phi) is 3.04. The Morgan fingerprint density at radius 3 is 2.94 bits per heavy atom. The third-order valence-electron chi connectivity index (χ3n) is 3.45. The van der Waals surface area contributed by atoms with Crippen LogP contribution in [-0.4, -0.2) is 28.0 Å². The van der Waals surface area contributed by atoms with Crippen LogP contribution in [0.4, 0.5) is 0 Å². The summed E-state index contributed by atoms with van der Waals surface area (Å²) in [7, 11) is 0. The van der Waals surface area contributed by atoms with Gasteiger partial charge in [0.15, 0.2) is 0 Å². The molecule has 1 saturated heterocycles. The molecule has 2 aromatic rings. The molecular weight excluding hydrogens is 234 g/mol. The van der Waals surface area contributed by atoms with E-state index in [0.29, 0.717) is 0 Å². The van der Waals surface area contributed by atoms with Gasteiger partial charge in [-0.05, 0) is 37.6 Å². The SMILES string of the molecule is Clc1ccnc2[nH]cc(CN3CCCCC3)c12. The summed E-state index contributed by atoms with van der Waals surface area (Å²) in [6.07, 6.45) is 7.78. The molecule has 1 aliphatic rings. The van der Waals surface area contributed by atoms with Crippen LogP contribution in [-0.2, 0) is 6.54 Å². The smallest absolute Gasteiger partial charge is 0.139 e. The van der Waals surface area contributed by atoms with Crippen molar-refractivity contribution in [2.45, 2.75) is 25.8 Å². The van der Waals surface area contributed by atoms with Crippen LogP contribution in [0.5, 0.6) is 0 Å². The topological polar surface area (TPSA) is 31.9 Å². The number of rotatable bonds is 2. The number of fused-ring (bicyclic) bond motifs is 1. The van der Waals surface area contributed by atoms with Gasteiger partial charge in [0, 0.05) is 24.3 Å². The summed E-state index contributed by atoms with van der Waals surface area (Å²) in [4.78, 5) is 9.99. The molecule has 90 valence electrons. The largest absolute Gasteiger partial charge is 0.346 e. The number of pyridine rings is 1. The highest BCUT2D eigenvalue weighted by atomic mass is 35.5. The second-order valence-corrected chi connectivity index (χ2v) is 5.07. The molecule has 3 heterocycles. The van der Waals surface area contributed by atoms with E-state index >= 15 is 0 Å². The van der Waals surface area contributed by atoms with Gasteiger partial charge in [-0.25, -0.2) is 4.98 Å². The number of H-pyrrole nitrogens is 1. The second-order valence-electron chi connectivity index (χ2n) is 4.67. The first-order chi connectivity index (χ1) is 8.34. The van der Waals surface area contributed by atoms with Crippen LogP contribution in [0, 0.1) is 0 Å². The molecule has 0 amide bonds. The van der Waals surface area contributed by atoms with Crippen LogP contribution in [0.3, 0.4) is 0 Å². The van der Waals surface area contributed by atoms with Gasteiger partial charge in [-0.2, -0.15) is 0 Å². The summed E-state index contributed by atoms with van der Waals surface area (Å²) in [5.41, 5.74) is 2.16. The number of halogens is 1. The standard InChI is InChI=1S/C13H16ClN3/c14-11-4-5-15-13-12(11)10(8-16-13)9-17-6-2-1-3-7-17/h4-5,8H,1-3,6-7,9H2,(H,15,16). The average molecular weight is 250 g/mol. The molecule has 0 bridgehead atoms. The Morgan fingerprint density at radius 1 is 1.29 bits per heavy atom. The number of nitrogens with zero attached hydrogens (tertiary/aromatic N) is 2. The van der Waals surface area contributed by atoms with Gasteiger partial charge in [-0.15, -0.1) is 0 Å². The fraction of sp³-hybridized carbons (Fsp3) is 0.462. The van der Waals surface area contributed by atoms with E-state index in [1.807, 2.05) is 12.3 Å². The highest BCUT2D eigenvalue weighted by molar-refractivity contribution is 6.35. The number of nitrogens with one attached hydrogen (secondary N) is 1. The van der Waals surface area contributed by atoms with E-state index in [4.69, 9.17) is 11.6 Å². The zero-order valence-electron chi connectivity index (χ0n) is 9.75. The molecule has 0 aliphatic carbocycles. The fourth-order valence-corrected chi connectivity index (χ4v) is 2.83. The lowest BCUT2D eigenvalue weighted by Gasteiger charge is -2.26. The zero-order valence-corrected chi connectivity index (χ0v) is 10.5. The maximum Gasteiger partial charge on any atom is 0.139 e. The van der Waals surface area contributed by atoms with E-state index in [1.165, 1.54) is 37.9 Å². The van der Waals surface area contributed by atoms with Gasteiger partial charge in [0.1, 0.15) is 5.65 Å². The van der Waals surface area contributed by atoms with Crippen molar-refractivity contribution in [1.82, 2.24) is 14.9 Å².